The maximum atomic E-state index is 2.47. The van der Waals surface area contributed by atoms with E-state index in [1.54, 1.807) is 0 Å². The summed E-state index contributed by atoms with van der Waals surface area (Å²) < 4.78 is 0. The highest BCUT2D eigenvalue weighted by molar-refractivity contribution is 7.00. The van der Waals surface area contributed by atoms with Crippen molar-refractivity contribution in [2.24, 2.45) is 0 Å². The van der Waals surface area contributed by atoms with Crippen molar-refractivity contribution in [3.05, 3.63) is 126 Å². The first-order chi connectivity index (χ1) is 17.2. The molecule has 2 heterocycles. The van der Waals surface area contributed by atoms with Crippen molar-refractivity contribution >= 4 is 57.2 Å². The number of rotatable bonds is 2. The molecule has 0 fully saturated rings. The molecule has 0 amide bonds. The first-order valence-corrected chi connectivity index (χ1v) is 12.3. The number of nitrogens with zero attached hydrogens (tertiary/aromatic N) is 2. The molecule has 0 bridgehead atoms. The molecule has 7 rings (SSSR count). The molecule has 0 aromatic heterocycles. The Labute approximate surface area is 207 Å². The minimum atomic E-state index is 0.186. The molecule has 0 spiro atoms. The SMILES string of the molecule is Cc1cc(C)c2c3c1N(c1ccccc1)c1ccccc1B3c1ccccc1N2c1ccccc1. The molecule has 0 saturated heterocycles. The number of aryl methyl sites for hydroxylation is 2. The third-order valence-electron chi connectivity index (χ3n) is 7.43. The van der Waals surface area contributed by atoms with Gasteiger partial charge in [-0.1, -0.05) is 78.9 Å². The molecule has 5 aromatic carbocycles. The zero-order valence-corrected chi connectivity index (χ0v) is 19.9. The molecule has 0 saturated carbocycles. The van der Waals surface area contributed by atoms with Crippen molar-refractivity contribution in [1.82, 2.24) is 0 Å². The number of para-hydroxylation sites is 4. The average molecular weight is 448 g/mol. The van der Waals surface area contributed by atoms with Crippen molar-refractivity contribution < 1.29 is 0 Å². The van der Waals surface area contributed by atoms with Crippen LogP contribution in [0.3, 0.4) is 0 Å². The lowest BCUT2D eigenvalue weighted by atomic mass is 9.33. The summed E-state index contributed by atoms with van der Waals surface area (Å²) in [4.78, 5) is 4.94. The fourth-order valence-corrected chi connectivity index (χ4v) is 6.15. The first-order valence-electron chi connectivity index (χ1n) is 12.3. The minimum absolute atomic E-state index is 0.186. The highest BCUT2D eigenvalue weighted by Crippen LogP contribution is 2.46. The van der Waals surface area contributed by atoms with Gasteiger partial charge in [0.2, 0.25) is 0 Å². The fraction of sp³-hybridized carbons (Fsp3) is 0.0625. The van der Waals surface area contributed by atoms with Gasteiger partial charge in [0.15, 0.2) is 0 Å². The van der Waals surface area contributed by atoms with Gasteiger partial charge in [0.1, 0.15) is 0 Å². The summed E-state index contributed by atoms with van der Waals surface area (Å²) in [5.74, 6) is 0. The normalized spacial score (nSPS) is 13.3. The maximum absolute atomic E-state index is 2.47. The Morgan fingerprint density at radius 3 is 1.34 bits per heavy atom. The lowest BCUT2D eigenvalue weighted by Gasteiger charge is -2.45. The van der Waals surface area contributed by atoms with Crippen LogP contribution in [0.25, 0.3) is 0 Å². The van der Waals surface area contributed by atoms with E-state index in [4.69, 9.17) is 0 Å². The van der Waals surface area contributed by atoms with E-state index in [0.717, 1.165) is 0 Å². The van der Waals surface area contributed by atoms with Gasteiger partial charge in [0, 0.05) is 34.1 Å². The largest absolute Gasteiger partial charge is 0.311 e. The molecule has 2 aliphatic rings. The van der Waals surface area contributed by atoms with E-state index in [-0.39, 0.29) is 6.71 Å². The lowest BCUT2D eigenvalue weighted by molar-refractivity contribution is 1.21. The number of anilines is 6. The van der Waals surface area contributed by atoms with Crippen molar-refractivity contribution in [3.8, 4) is 0 Å². The third-order valence-corrected chi connectivity index (χ3v) is 7.43. The smallest absolute Gasteiger partial charge is 0.252 e. The van der Waals surface area contributed by atoms with Gasteiger partial charge in [0.05, 0.1) is 0 Å². The van der Waals surface area contributed by atoms with Gasteiger partial charge < -0.3 is 9.80 Å². The first kappa shape index (κ1) is 20.2. The average Bonchev–Trinajstić information content (AvgIpc) is 2.91. The summed E-state index contributed by atoms with van der Waals surface area (Å²) >= 11 is 0. The van der Waals surface area contributed by atoms with Crippen LogP contribution in [0.5, 0.6) is 0 Å². The van der Waals surface area contributed by atoms with Crippen LogP contribution in [0.4, 0.5) is 34.1 Å². The van der Waals surface area contributed by atoms with E-state index >= 15 is 0 Å². The van der Waals surface area contributed by atoms with Gasteiger partial charge in [-0.3, -0.25) is 0 Å². The molecule has 35 heavy (non-hydrogen) atoms. The van der Waals surface area contributed by atoms with E-state index in [1.807, 2.05) is 0 Å². The molecule has 2 aliphatic heterocycles. The van der Waals surface area contributed by atoms with E-state index in [9.17, 15) is 0 Å². The Hall–Kier alpha value is -4.24. The molecule has 3 heteroatoms. The van der Waals surface area contributed by atoms with Crippen LogP contribution in [-0.4, -0.2) is 6.71 Å². The predicted molar refractivity (Wildman–Crippen MR) is 150 cm³/mol. The third kappa shape index (κ3) is 2.85. The molecule has 0 aliphatic carbocycles. The fourth-order valence-electron chi connectivity index (χ4n) is 6.15. The van der Waals surface area contributed by atoms with Crippen LogP contribution in [-0.2, 0) is 0 Å². The Bertz CT molecular complexity index is 1460. The summed E-state index contributed by atoms with van der Waals surface area (Å²) in [5.41, 5.74) is 14.2. The van der Waals surface area contributed by atoms with Gasteiger partial charge in [-0.25, -0.2) is 0 Å². The van der Waals surface area contributed by atoms with Gasteiger partial charge >= 0.3 is 0 Å². The summed E-state index contributed by atoms with van der Waals surface area (Å²) in [6.07, 6.45) is 0. The zero-order valence-electron chi connectivity index (χ0n) is 19.9. The van der Waals surface area contributed by atoms with Crippen LogP contribution in [0.2, 0.25) is 0 Å². The molecule has 166 valence electrons. The van der Waals surface area contributed by atoms with Crippen molar-refractivity contribution in [1.29, 1.82) is 0 Å². The van der Waals surface area contributed by atoms with E-state index < -0.39 is 0 Å². The molecule has 0 atom stereocenters. The van der Waals surface area contributed by atoms with Crippen LogP contribution < -0.4 is 26.2 Å². The summed E-state index contributed by atoms with van der Waals surface area (Å²) in [5, 5.41) is 0. The number of fused-ring (bicyclic) bond motifs is 4. The van der Waals surface area contributed by atoms with Crippen molar-refractivity contribution in [2.45, 2.75) is 13.8 Å². The van der Waals surface area contributed by atoms with Crippen LogP contribution in [0.1, 0.15) is 11.1 Å². The molecular weight excluding hydrogens is 423 g/mol. The van der Waals surface area contributed by atoms with Crippen LogP contribution >= 0.6 is 0 Å². The quantitative estimate of drug-likeness (QED) is 0.283. The highest BCUT2D eigenvalue weighted by atomic mass is 15.2. The molecule has 5 aromatic rings. The number of hydrogen-bond donors (Lipinski definition) is 0. The second-order valence-electron chi connectivity index (χ2n) is 9.51. The monoisotopic (exact) mass is 448 g/mol. The zero-order chi connectivity index (χ0) is 23.5. The molecule has 0 radical (unpaired) electrons. The highest BCUT2D eigenvalue weighted by Gasteiger charge is 2.44. The minimum Gasteiger partial charge on any atom is -0.311 e. The van der Waals surface area contributed by atoms with Crippen LogP contribution in [0.15, 0.2) is 115 Å². The second kappa shape index (κ2) is 7.64. The van der Waals surface area contributed by atoms with Crippen LogP contribution in [0, 0.1) is 13.8 Å². The van der Waals surface area contributed by atoms with Gasteiger partial charge in [0.25, 0.3) is 6.71 Å². The van der Waals surface area contributed by atoms with Crippen molar-refractivity contribution in [2.75, 3.05) is 9.80 Å². The lowest BCUT2D eigenvalue weighted by Crippen LogP contribution is -2.61. The molecule has 0 N–H and O–H groups in total. The van der Waals surface area contributed by atoms with E-state index in [1.165, 1.54) is 61.6 Å². The van der Waals surface area contributed by atoms with E-state index in [2.05, 4.69) is 139 Å². The Morgan fingerprint density at radius 1 is 0.486 bits per heavy atom. The van der Waals surface area contributed by atoms with Crippen molar-refractivity contribution in [3.63, 3.8) is 0 Å². The topological polar surface area (TPSA) is 6.48 Å². The van der Waals surface area contributed by atoms with Gasteiger partial charge in [-0.15, -0.1) is 0 Å². The molecule has 0 unspecified atom stereocenters. The Morgan fingerprint density at radius 2 is 0.886 bits per heavy atom. The van der Waals surface area contributed by atoms with Gasteiger partial charge in [-0.05, 0) is 77.8 Å². The standard InChI is InChI=1S/C32H25BN2/c1-22-21-23(2)32-30-31(22)34(24-13-5-3-6-14-24)28-19-11-9-17-26(28)33(30)27-18-10-12-20-29(27)35(32)25-15-7-4-8-16-25/h3-21H,1-2H3. The molecular formula is C32H25BN2. The maximum Gasteiger partial charge on any atom is 0.252 e. The predicted octanol–water partition coefficient (Wildman–Crippen LogP) is 6.39. The Kier molecular flexibility index (Phi) is 4.40. The number of benzene rings is 5. The summed E-state index contributed by atoms with van der Waals surface area (Å²) in [6.45, 7) is 4.71. The summed E-state index contributed by atoms with van der Waals surface area (Å²) in [7, 11) is 0. The van der Waals surface area contributed by atoms with E-state index in [0.29, 0.717) is 0 Å². The summed E-state index contributed by atoms with van der Waals surface area (Å²) in [6, 6.07) is 41.8. The number of hydrogen-bond acceptors (Lipinski definition) is 2. The Balaban J connectivity index is 1.64. The molecule has 2 nitrogen and oxygen atoms in total. The van der Waals surface area contributed by atoms with Gasteiger partial charge in [-0.2, -0.15) is 0 Å². The second-order valence-corrected chi connectivity index (χ2v) is 9.51.